The lowest BCUT2D eigenvalue weighted by molar-refractivity contribution is 0.0267. The van der Waals surface area contributed by atoms with E-state index in [0.29, 0.717) is 5.56 Å². The Balaban J connectivity index is 1.85. The van der Waals surface area contributed by atoms with E-state index >= 15 is 0 Å². The van der Waals surface area contributed by atoms with E-state index in [9.17, 15) is 13.2 Å². The van der Waals surface area contributed by atoms with Crippen LogP contribution in [0.25, 0.3) is 0 Å². The Kier molecular flexibility index (Phi) is 8.31. The van der Waals surface area contributed by atoms with Gasteiger partial charge in [-0.25, -0.2) is 4.79 Å². The van der Waals surface area contributed by atoms with Crippen molar-refractivity contribution in [2.45, 2.75) is 44.0 Å². The monoisotopic (exact) mass is 483 g/mol. The fourth-order valence-electron chi connectivity index (χ4n) is 3.10. The zero-order valence-electron chi connectivity index (χ0n) is 19.4. The van der Waals surface area contributed by atoms with E-state index in [1.165, 1.54) is 12.1 Å². The molecule has 3 rings (SSSR count). The van der Waals surface area contributed by atoms with Crippen LogP contribution >= 0.6 is 0 Å². The second-order valence-corrected chi connectivity index (χ2v) is 10.1. The topological polar surface area (TPSA) is 90.9 Å². The number of carbonyl (C=O) groups excluding carboxylic acids is 1. The minimum Gasteiger partial charge on any atom is -0.444 e. The smallest absolute Gasteiger partial charge is 0.407 e. The Morgan fingerprint density at radius 1 is 0.882 bits per heavy atom. The molecule has 0 heterocycles. The molecule has 0 aromatic heterocycles. The molecule has 0 radical (unpaired) electrons. The van der Waals surface area contributed by atoms with Crippen molar-refractivity contribution in [1.29, 1.82) is 0 Å². The van der Waals surface area contributed by atoms with Crippen molar-refractivity contribution in [3.05, 3.63) is 96.1 Å². The molecule has 8 heteroatoms. The third-order valence-corrected chi connectivity index (χ3v) is 5.87. The number of ether oxygens (including phenoxy) is 2. The minimum atomic E-state index is -4.06. The van der Waals surface area contributed by atoms with E-state index in [2.05, 4.69) is 5.32 Å². The molecule has 0 saturated carbocycles. The van der Waals surface area contributed by atoms with Gasteiger partial charge in [0.05, 0.1) is 13.2 Å². The summed E-state index contributed by atoms with van der Waals surface area (Å²) in [6.07, 6.45) is -1.30. The maximum absolute atomic E-state index is 12.8. The Labute approximate surface area is 200 Å². The summed E-state index contributed by atoms with van der Waals surface area (Å²) in [5.74, 6) is 0.121. The standard InChI is InChI=1S/C26H29NO6S/c1-26(2,3)32-25(28)27-18-24(31-19-20-12-6-4-7-13-20)22-16-10-11-17-23(22)33-34(29,30)21-14-8-5-9-15-21/h4-17,24H,18-19H2,1-3H3,(H,27,28). The van der Waals surface area contributed by atoms with E-state index in [4.69, 9.17) is 13.7 Å². The summed E-state index contributed by atoms with van der Waals surface area (Å²) in [4.78, 5) is 12.3. The molecule has 180 valence electrons. The molecule has 0 aliphatic rings. The zero-order chi connectivity index (χ0) is 24.6. The predicted molar refractivity (Wildman–Crippen MR) is 129 cm³/mol. The molecule has 1 atom stereocenters. The molecule has 0 bridgehead atoms. The highest BCUT2D eigenvalue weighted by molar-refractivity contribution is 7.87. The number of amides is 1. The van der Waals surface area contributed by atoms with Crippen LogP contribution in [-0.2, 0) is 26.2 Å². The lowest BCUT2D eigenvalue weighted by Crippen LogP contribution is -2.35. The SMILES string of the molecule is CC(C)(C)OC(=O)NCC(OCc1ccccc1)c1ccccc1OS(=O)(=O)c1ccccc1. The van der Waals surface area contributed by atoms with Gasteiger partial charge in [0.1, 0.15) is 22.4 Å². The molecule has 0 spiro atoms. The summed E-state index contributed by atoms with van der Waals surface area (Å²) in [6, 6.07) is 24.1. The highest BCUT2D eigenvalue weighted by atomic mass is 32.2. The molecule has 34 heavy (non-hydrogen) atoms. The van der Waals surface area contributed by atoms with Crippen LogP contribution in [0, 0.1) is 0 Å². The lowest BCUT2D eigenvalue weighted by Gasteiger charge is -2.24. The summed E-state index contributed by atoms with van der Waals surface area (Å²) >= 11 is 0. The molecule has 3 aromatic rings. The van der Waals surface area contributed by atoms with Crippen molar-refractivity contribution in [2.24, 2.45) is 0 Å². The number of para-hydroxylation sites is 1. The molecule has 0 saturated heterocycles. The number of hydrogen-bond acceptors (Lipinski definition) is 6. The third kappa shape index (κ3) is 7.60. The van der Waals surface area contributed by atoms with E-state index in [1.807, 2.05) is 30.3 Å². The van der Waals surface area contributed by atoms with Gasteiger partial charge in [-0.3, -0.25) is 0 Å². The van der Waals surface area contributed by atoms with Crippen molar-refractivity contribution in [1.82, 2.24) is 5.32 Å². The molecule has 0 aliphatic carbocycles. The summed E-state index contributed by atoms with van der Waals surface area (Å²) < 4.78 is 42.6. The maximum atomic E-state index is 12.8. The minimum absolute atomic E-state index is 0.0402. The predicted octanol–water partition coefficient (Wildman–Crippen LogP) is 5.24. The number of rotatable bonds is 9. The van der Waals surface area contributed by atoms with Crippen LogP contribution in [0.4, 0.5) is 4.79 Å². The molecule has 1 N–H and O–H groups in total. The number of hydrogen-bond donors (Lipinski definition) is 1. The van der Waals surface area contributed by atoms with E-state index in [-0.39, 0.29) is 23.8 Å². The number of carbonyl (C=O) groups is 1. The number of benzene rings is 3. The van der Waals surface area contributed by atoms with Gasteiger partial charge < -0.3 is 19.0 Å². The summed E-state index contributed by atoms with van der Waals surface area (Å²) in [7, 11) is -4.06. The van der Waals surface area contributed by atoms with Gasteiger partial charge in [-0.1, -0.05) is 66.7 Å². The quantitative estimate of drug-likeness (QED) is 0.419. The van der Waals surface area contributed by atoms with Crippen LogP contribution in [0.3, 0.4) is 0 Å². The van der Waals surface area contributed by atoms with Crippen molar-refractivity contribution in [3.63, 3.8) is 0 Å². The van der Waals surface area contributed by atoms with Gasteiger partial charge in [-0.15, -0.1) is 0 Å². The van der Waals surface area contributed by atoms with Gasteiger partial charge >= 0.3 is 16.2 Å². The fourth-order valence-corrected chi connectivity index (χ4v) is 4.07. The normalized spacial score (nSPS) is 12.6. The summed E-state index contributed by atoms with van der Waals surface area (Å²) in [5, 5.41) is 2.70. The average Bonchev–Trinajstić information content (AvgIpc) is 2.80. The average molecular weight is 484 g/mol. The van der Waals surface area contributed by atoms with Gasteiger partial charge in [-0.2, -0.15) is 8.42 Å². The molecule has 1 unspecified atom stereocenters. The Hall–Kier alpha value is -3.36. The summed E-state index contributed by atoms with van der Waals surface area (Å²) in [6.45, 7) is 5.61. The van der Waals surface area contributed by atoms with Crippen LogP contribution in [0.5, 0.6) is 5.75 Å². The van der Waals surface area contributed by atoms with Crippen LogP contribution in [0.2, 0.25) is 0 Å². The Bertz CT molecular complexity index is 1170. The maximum Gasteiger partial charge on any atom is 0.407 e. The van der Waals surface area contributed by atoms with Crippen molar-refractivity contribution >= 4 is 16.2 Å². The van der Waals surface area contributed by atoms with E-state index < -0.39 is 27.9 Å². The second-order valence-electron chi connectivity index (χ2n) is 8.56. The van der Waals surface area contributed by atoms with Crippen molar-refractivity contribution in [3.8, 4) is 5.75 Å². The van der Waals surface area contributed by atoms with Crippen LogP contribution in [0.1, 0.15) is 38.0 Å². The first-order valence-corrected chi connectivity index (χ1v) is 12.3. The fraction of sp³-hybridized carbons (Fsp3) is 0.269. The first-order chi connectivity index (χ1) is 16.1. The molecule has 7 nitrogen and oxygen atoms in total. The molecule has 1 amide bonds. The molecule has 3 aromatic carbocycles. The third-order valence-electron chi connectivity index (χ3n) is 4.62. The molecular formula is C26H29NO6S. The first-order valence-electron chi connectivity index (χ1n) is 10.8. The molecular weight excluding hydrogens is 454 g/mol. The van der Waals surface area contributed by atoms with Crippen molar-refractivity contribution in [2.75, 3.05) is 6.54 Å². The largest absolute Gasteiger partial charge is 0.444 e. The van der Waals surface area contributed by atoms with Gasteiger partial charge in [0.2, 0.25) is 0 Å². The van der Waals surface area contributed by atoms with Gasteiger partial charge in [0.25, 0.3) is 0 Å². The van der Waals surface area contributed by atoms with Crippen molar-refractivity contribution < 1.29 is 26.9 Å². The van der Waals surface area contributed by atoms with Crippen LogP contribution < -0.4 is 9.50 Å². The Morgan fingerprint density at radius 2 is 1.47 bits per heavy atom. The van der Waals surface area contributed by atoms with Crippen LogP contribution in [0.15, 0.2) is 89.8 Å². The highest BCUT2D eigenvalue weighted by Crippen LogP contribution is 2.30. The molecule has 0 aliphatic heterocycles. The Morgan fingerprint density at radius 3 is 2.12 bits per heavy atom. The number of nitrogens with one attached hydrogen (secondary N) is 1. The number of alkyl carbamates (subject to hydrolysis) is 1. The molecule has 0 fully saturated rings. The van der Waals surface area contributed by atoms with E-state index in [1.54, 1.807) is 63.2 Å². The van der Waals surface area contributed by atoms with Crippen LogP contribution in [-0.4, -0.2) is 26.7 Å². The van der Waals surface area contributed by atoms with Gasteiger partial charge in [0.15, 0.2) is 0 Å². The second kappa shape index (κ2) is 11.2. The highest BCUT2D eigenvalue weighted by Gasteiger charge is 2.24. The zero-order valence-corrected chi connectivity index (χ0v) is 20.2. The summed E-state index contributed by atoms with van der Waals surface area (Å²) in [5.41, 5.74) is 0.754. The lowest BCUT2D eigenvalue weighted by atomic mass is 10.1. The van der Waals surface area contributed by atoms with E-state index in [0.717, 1.165) is 5.56 Å². The van der Waals surface area contributed by atoms with Gasteiger partial charge in [-0.05, 0) is 44.5 Å². The van der Waals surface area contributed by atoms with Gasteiger partial charge in [0, 0.05) is 5.56 Å². The first kappa shape index (κ1) is 25.3.